The van der Waals surface area contributed by atoms with Crippen LogP contribution < -0.4 is 4.72 Å². The topological polar surface area (TPSA) is 90.3 Å². The second kappa shape index (κ2) is 9.84. The van der Waals surface area contributed by atoms with Crippen molar-refractivity contribution >= 4 is 16.0 Å². The largest absolute Gasteiger partial charge is 0.465 e. The molecular formula is C22H28F3N3O4S. The Morgan fingerprint density at radius 2 is 2.03 bits per heavy atom. The Hall–Kier alpha value is -2.40. The summed E-state index contributed by atoms with van der Waals surface area (Å²) in [5.41, 5.74) is 0.654. The van der Waals surface area contributed by atoms with E-state index >= 15 is 0 Å². The lowest BCUT2D eigenvalue weighted by Crippen LogP contribution is -2.31. The van der Waals surface area contributed by atoms with Crippen LogP contribution in [-0.4, -0.2) is 30.8 Å². The molecule has 33 heavy (non-hydrogen) atoms. The second-order valence-corrected chi connectivity index (χ2v) is 9.89. The highest BCUT2D eigenvalue weighted by Crippen LogP contribution is 2.35. The number of rotatable bonds is 8. The number of nitrogens with one attached hydrogen (secondary N) is 1. The van der Waals surface area contributed by atoms with Crippen molar-refractivity contribution in [1.82, 2.24) is 14.5 Å². The number of aromatic nitrogens is 2. The van der Waals surface area contributed by atoms with E-state index in [4.69, 9.17) is 4.74 Å². The number of hydrogen-bond acceptors (Lipinski definition) is 5. The fraction of sp³-hybridized carbons (Fsp3) is 0.545. The molecule has 1 aliphatic carbocycles. The Balaban J connectivity index is 1.92. The van der Waals surface area contributed by atoms with E-state index in [0.717, 1.165) is 6.07 Å². The molecule has 1 aliphatic rings. The number of benzene rings is 1. The fourth-order valence-corrected chi connectivity index (χ4v) is 5.25. The normalized spacial score (nSPS) is 17.5. The van der Waals surface area contributed by atoms with Gasteiger partial charge in [-0.2, -0.15) is 18.3 Å². The highest BCUT2D eigenvalue weighted by atomic mass is 32.2. The predicted molar refractivity (Wildman–Crippen MR) is 115 cm³/mol. The smallest absolute Gasteiger partial charge is 0.416 e. The maximum atomic E-state index is 13.5. The monoisotopic (exact) mass is 487 g/mol. The molecule has 0 saturated heterocycles. The lowest BCUT2D eigenvalue weighted by Gasteiger charge is -2.24. The van der Waals surface area contributed by atoms with Gasteiger partial charge >= 0.3 is 12.1 Å². The Kier molecular flexibility index (Phi) is 7.52. The van der Waals surface area contributed by atoms with E-state index in [9.17, 15) is 26.4 Å². The molecule has 2 atom stereocenters. The standard InChI is InChI=1S/C22H28F3N3O4S/c1-4-14(3)15-9-16(22(23,24)25)11-17(10-15)33(30,31)27-19-7-6-8-20-18(19)12-26-28(20)13-21(29)32-5-2/h9-12,14,19,27H,4-8,13H2,1-3H3. The van der Waals surface area contributed by atoms with Gasteiger partial charge in [-0.05, 0) is 62.3 Å². The molecule has 1 N–H and O–H groups in total. The van der Waals surface area contributed by atoms with Crippen molar-refractivity contribution in [2.24, 2.45) is 0 Å². The summed E-state index contributed by atoms with van der Waals surface area (Å²) < 4.78 is 75.6. The molecular weight excluding hydrogens is 459 g/mol. The number of carbonyl (C=O) groups is 1. The van der Waals surface area contributed by atoms with Gasteiger partial charge in [0.1, 0.15) is 6.54 Å². The zero-order valence-electron chi connectivity index (χ0n) is 18.8. The fourth-order valence-electron chi connectivity index (χ4n) is 3.92. The second-order valence-electron chi connectivity index (χ2n) is 8.17. The number of hydrogen-bond donors (Lipinski definition) is 1. The Morgan fingerprint density at radius 1 is 1.30 bits per heavy atom. The minimum Gasteiger partial charge on any atom is -0.465 e. The van der Waals surface area contributed by atoms with Crippen LogP contribution in [0.15, 0.2) is 29.3 Å². The van der Waals surface area contributed by atoms with Gasteiger partial charge < -0.3 is 4.74 Å². The molecule has 0 radical (unpaired) electrons. The zero-order valence-corrected chi connectivity index (χ0v) is 19.6. The van der Waals surface area contributed by atoms with Crippen LogP contribution in [0.5, 0.6) is 0 Å². The summed E-state index contributed by atoms with van der Waals surface area (Å²) in [4.78, 5) is 11.4. The van der Waals surface area contributed by atoms with Crippen molar-refractivity contribution in [2.45, 2.75) is 76.0 Å². The Labute approximate surface area is 191 Å². The Morgan fingerprint density at radius 3 is 2.67 bits per heavy atom. The zero-order chi connectivity index (χ0) is 24.4. The van der Waals surface area contributed by atoms with Crippen molar-refractivity contribution < 1.29 is 31.1 Å². The van der Waals surface area contributed by atoms with Crippen molar-refractivity contribution in [1.29, 1.82) is 0 Å². The molecule has 0 fully saturated rings. The number of sulfonamides is 1. The average Bonchev–Trinajstić information content (AvgIpc) is 3.16. The summed E-state index contributed by atoms with van der Waals surface area (Å²) in [6.07, 6.45) is -0.893. The molecule has 1 aromatic carbocycles. The lowest BCUT2D eigenvalue weighted by atomic mass is 9.94. The summed E-state index contributed by atoms with van der Waals surface area (Å²) in [5.74, 6) is -0.684. The van der Waals surface area contributed by atoms with E-state index < -0.39 is 38.7 Å². The molecule has 0 amide bonds. The summed E-state index contributed by atoms with van der Waals surface area (Å²) in [5, 5.41) is 4.20. The molecule has 1 aromatic heterocycles. The summed E-state index contributed by atoms with van der Waals surface area (Å²) >= 11 is 0. The molecule has 0 aliphatic heterocycles. The molecule has 3 rings (SSSR count). The minimum atomic E-state index is -4.67. The van der Waals surface area contributed by atoms with E-state index in [1.165, 1.54) is 16.9 Å². The van der Waals surface area contributed by atoms with Crippen molar-refractivity contribution in [2.75, 3.05) is 6.61 Å². The lowest BCUT2D eigenvalue weighted by molar-refractivity contribution is -0.144. The van der Waals surface area contributed by atoms with Crippen LogP contribution >= 0.6 is 0 Å². The van der Waals surface area contributed by atoms with Gasteiger partial charge in [0.2, 0.25) is 10.0 Å². The number of nitrogens with zero attached hydrogens (tertiary/aromatic N) is 2. The molecule has 182 valence electrons. The number of halogens is 3. The van der Waals surface area contributed by atoms with Crippen LogP contribution in [0.1, 0.15) is 74.4 Å². The summed E-state index contributed by atoms with van der Waals surface area (Å²) in [6.45, 7) is 5.43. The number of carbonyl (C=O) groups excluding carboxylic acids is 1. The van der Waals surface area contributed by atoms with E-state index in [1.54, 1.807) is 13.8 Å². The quantitative estimate of drug-likeness (QED) is 0.560. The maximum absolute atomic E-state index is 13.5. The van der Waals surface area contributed by atoms with Gasteiger partial charge in [-0.25, -0.2) is 13.1 Å². The van der Waals surface area contributed by atoms with Gasteiger partial charge in [-0.1, -0.05) is 13.8 Å². The van der Waals surface area contributed by atoms with Gasteiger partial charge in [-0.15, -0.1) is 0 Å². The highest BCUT2D eigenvalue weighted by molar-refractivity contribution is 7.89. The van der Waals surface area contributed by atoms with Crippen molar-refractivity contribution in [3.05, 3.63) is 46.8 Å². The highest BCUT2D eigenvalue weighted by Gasteiger charge is 2.34. The minimum absolute atomic E-state index is 0.0888. The molecule has 2 aromatic rings. The molecule has 7 nitrogen and oxygen atoms in total. The van der Waals surface area contributed by atoms with Crippen LogP contribution in [0, 0.1) is 0 Å². The predicted octanol–water partition coefficient (Wildman–Crippen LogP) is 4.33. The molecule has 0 bridgehead atoms. The molecule has 0 saturated carbocycles. The molecule has 2 unspecified atom stereocenters. The van der Waals surface area contributed by atoms with Crippen molar-refractivity contribution in [3.8, 4) is 0 Å². The number of esters is 1. The third-order valence-corrected chi connectivity index (χ3v) is 7.34. The van der Waals surface area contributed by atoms with Crippen LogP contribution in [-0.2, 0) is 38.7 Å². The molecule has 11 heteroatoms. The first-order valence-corrected chi connectivity index (χ1v) is 12.4. The van der Waals surface area contributed by atoms with Gasteiger partial charge in [0.25, 0.3) is 0 Å². The number of ether oxygens (including phenoxy) is 1. The summed E-state index contributed by atoms with van der Waals surface area (Å²) in [6, 6.07) is 2.32. The third-order valence-electron chi connectivity index (χ3n) is 5.89. The van der Waals surface area contributed by atoms with Gasteiger partial charge in [0, 0.05) is 11.3 Å². The van der Waals surface area contributed by atoms with E-state index in [1.807, 2.05) is 6.92 Å². The van der Waals surface area contributed by atoms with Gasteiger partial charge in [0.05, 0.1) is 29.3 Å². The number of fused-ring (bicyclic) bond motifs is 1. The van der Waals surface area contributed by atoms with E-state index in [0.29, 0.717) is 48.6 Å². The maximum Gasteiger partial charge on any atom is 0.416 e. The summed E-state index contributed by atoms with van der Waals surface area (Å²) in [7, 11) is -4.25. The Bertz CT molecular complexity index is 1110. The first-order valence-electron chi connectivity index (χ1n) is 10.9. The first kappa shape index (κ1) is 25.2. The van der Waals surface area contributed by atoms with Crippen LogP contribution in [0.25, 0.3) is 0 Å². The van der Waals surface area contributed by atoms with Gasteiger partial charge in [0.15, 0.2) is 0 Å². The SMILES string of the molecule is CCOC(=O)Cn1ncc2c1CCCC2NS(=O)(=O)c1cc(C(C)CC)cc(C(F)(F)F)c1. The van der Waals surface area contributed by atoms with E-state index in [2.05, 4.69) is 9.82 Å². The van der Waals surface area contributed by atoms with E-state index in [-0.39, 0.29) is 19.1 Å². The van der Waals surface area contributed by atoms with Gasteiger partial charge in [-0.3, -0.25) is 9.48 Å². The molecule has 0 spiro atoms. The van der Waals surface area contributed by atoms with Crippen LogP contribution in [0.3, 0.4) is 0 Å². The average molecular weight is 488 g/mol. The van der Waals surface area contributed by atoms with Crippen LogP contribution in [0.2, 0.25) is 0 Å². The third kappa shape index (κ3) is 5.75. The first-order chi connectivity index (χ1) is 15.5. The van der Waals surface area contributed by atoms with Crippen molar-refractivity contribution in [3.63, 3.8) is 0 Å². The van der Waals surface area contributed by atoms with Crippen LogP contribution in [0.4, 0.5) is 13.2 Å². The molecule has 1 heterocycles. The number of alkyl halides is 3.